The van der Waals surface area contributed by atoms with Gasteiger partial charge >= 0.3 is 5.76 Å². The number of nitrogens with zero attached hydrogens (tertiary/aromatic N) is 3. The third-order valence-corrected chi connectivity index (χ3v) is 4.59. The smallest absolute Gasteiger partial charge is 0.408 e. The number of aromatic nitrogens is 1. The molecule has 0 spiro atoms. The number of rotatable bonds is 6. The number of nitrogens with one attached hydrogen (secondary N) is 1. The van der Waals surface area contributed by atoms with Gasteiger partial charge in [0, 0.05) is 45.7 Å². The quantitative estimate of drug-likeness (QED) is 0.799. The molecular formula is C18H24N4O4. The molecule has 1 N–H and O–H groups in total. The first-order valence-electron chi connectivity index (χ1n) is 8.93. The number of oxazole rings is 1. The van der Waals surface area contributed by atoms with Crippen molar-refractivity contribution in [1.29, 1.82) is 0 Å². The van der Waals surface area contributed by atoms with E-state index in [1.807, 2.05) is 24.0 Å². The lowest BCUT2D eigenvalue weighted by Crippen LogP contribution is -2.51. The molecule has 1 aliphatic heterocycles. The van der Waals surface area contributed by atoms with Crippen molar-refractivity contribution in [3.05, 3.63) is 34.8 Å². The van der Waals surface area contributed by atoms with Gasteiger partial charge in [0.2, 0.25) is 11.8 Å². The molecule has 1 aromatic heterocycles. The first-order valence-corrected chi connectivity index (χ1v) is 8.93. The minimum absolute atomic E-state index is 0.0125. The molecule has 0 bridgehead atoms. The molecule has 0 atom stereocenters. The van der Waals surface area contributed by atoms with Crippen LogP contribution in [0.3, 0.4) is 0 Å². The van der Waals surface area contributed by atoms with Crippen LogP contribution >= 0.6 is 0 Å². The van der Waals surface area contributed by atoms with E-state index in [1.54, 1.807) is 17.0 Å². The summed E-state index contributed by atoms with van der Waals surface area (Å²) in [5, 5.41) is 2.78. The van der Waals surface area contributed by atoms with Crippen LogP contribution in [-0.4, -0.2) is 65.4 Å². The van der Waals surface area contributed by atoms with Crippen LogP contribution in [0.5, 0.6) is 0 Å². The van der Waals surface area contributed by atoms with Gasteiger partial charge in [-0.2, -0.15) is 0 Å². The van der Waals surface area contributed by atoms with Gasteiger partial charge < -0.3 is 14.6 Å². The Morgan fingerprint density at radius 2 is 1.88 bits per heavy atom. The summed E-state index contributed by atoms with van der Waals surface area (Å²) in [5.74, 6) is -0.413. The monoisotopic (exact) mass is 360 g/mol. The normalized spacial score (nSPS) is 15.3. The van der Waals surface area contributed by atoms with Gasteiger partial charge in [-0.05, 0) is 19.1 Å². The first-order chi connectivity index (χ1) is 12.6. The van der Waals surface area contributed by atoms with Crippen molar-refractivity contribution in [2.24, 2.45) is 0 Å². The Labute approximate surface area is 151 Å². The maximum atomic E-state index is 12.5. The summed E-state index contributed by atoms with van der Waals surface area (Å²) >= 11 is 0. The fourth-order valence-corrected chi connectivity index (χ4v) is 3.20. The van der Waals surface area contributed by atoms with E-state index in [4.69, 9.17) is 4.42 Å². The molecule has 1 aliphatic rings. The number of piperazine rings is 1. The maximum absolute atomic E-state index is 12.5. The standard InChI is InChI=1S/C18H24N4O4/c1-2-19-16(23)13-20-9-11-21(12-10-20)17(24)7-8-22-14-5-3-4-6-15(14)26-18(22)25/h3-6H,2,7-13H2,1H3,(H,19,23). The minimum atomic E-state index is -0.439. The summed E-state index contributed by atoms with van der Waals surface area (Å²) in [6.07, 6.45) is 0.250. The van der Waals surface area contributed by atoms with Crippen LogP contribution in [0.15, 0.2) is 33.5 Å². The average Bonchev–Trinajstić information content (AvgIpc) is 2.95. The van der Waals surface area contributed by atoms with Gasteiger partial charge in [-0.1, -0.05) is 12.1 Å². The largest absolute Gasteiger partial charge is 0.419 e. The van der Waals surface area contributed by atoms with Gasteiger partial charge in [0.05, 0.1) is 12.1 Å². The summed E-state index contributed by atoms with van der Waals surface area (Å²) in [4.78, 5) is 39.9. The van der Waals surface area contributed by atoms with Crippen LogP contribution in [0, 0.1) is 0 Å². The van der Waals surface area contributed by atoms with Gasteiger partial charge in [0.1, 0.15) is 0 Å². The van der Waals surface area contributed by atoms with E-state index in [0.29, 0.717) is 56.9 Å². The van der Waals surface area contributed by atoms with Gasteiger partial charge in [0.25, 0.3) is 0 Å². The summed E-state index contributed by atoms with van der Waals surface area (Å²) in [7, 11) is 0. The summed E-state index contributed by atoms with van der Waals surface area (Å²) in [5.41, 5.74) is 1.24. The number of likely N-dealkylation sites (N-methyl/N-ethyl adjacent to an activating group) is 1. The molecule has 2 amide bonds. The second kappa shape index (κ2) is 8.18. The molecular weight excluding hydrogens is 336 g/mol. The van der Waals surface area contributed by atoms with Gasteiger partial charge in [-0.25, -0.2) is 4.79 Å². The van der Waals surface area contributed by atoms with E-state index in [9.17, 15) is 14.4 Å². The van der Waals surface area contributed by atoms with Crippen molar-refractivity contribution >= 4 is 22.9 Å². The van der Waals surface area contributed by atoms with Crippen LogP contribution in [-0.2, 0) is 16.1 Å². The molecule has 140 valence electrons. The summed E-state index contributed by atoms with van der Waals surface area (Å²) in [6.45, 7) is 5.73. The zero-order valence-electron chi connectivity index (χ0n) is 14.9. The van der Waals surface area contributed by atoms with Crippen molar-refractivity contribution in [2.45, 2.75) is 19.9 Å². The highest BCUT2D eigenvalue weighted by Gasteiger charge is 2.22. The molecule has 2 aromatic rings. The van der Waals surface area contributed by atoms with Crippen LogP contribution in [0.2, 0.25) is 0 Å². The SMILES string of the molecule is CCNC(=O)CN1CCN(C(=O)CCn2c(=O)oc3ccccc32)CC1. The van der Waals surface area contributed by atoms with Crippen LogP contribution in [0.4, 0.5) is 0 Å². The number of hydrogen-bond acceptors (Lipinski definition) is 5. The van der Waals surface area contributed by atoms with Gasteiger partial charge in [-0.3, -0.25) is 19.1 Å². The van der Waals surface area contributed by atoms with E-state index >= 15 is 0 Å². The van der Waals surface area contributed by atoms with Crippen LogP contribution in [0.1, 0.15) is 13.3 Å². The zero-order valence-corrected chi connectivity index (χ0v) is 14.9. The molecule has 1 saturated heterocycles. The number of carbonyl (C=O) groups is 2. The number of para-hydroxylation sites is 2. The number of hydrogen-bond donors (Lipinski definition) is 1. The molecule has 26 heavy (non-hydrogen) atoms. The summed E-state index contributed by atoms with van der Waals surface area (Å²) < 4.78 is 6.68. The molecule has 3 rings (SSSR count). The van der Waals surface area contributed by atoms with Crippen LogP contribution in [0.25, 0.3) is 11.1 Å². The number of benzene rings is 1. The average molecular weight is 360 g/mol. The first kappa shape index (κ1) is 18.2. The van der Waals surface area contributed by atoms with E-state index < -0.39 is 5.76 Å². The van der Waals surface area contributed by atoms with E-state index in [1.165, 1.54) is 4.57 Å². The molecule has 0 unspecified atom stereocenters. The Morgan fingerprint density at radius 1 is 1.15 bits per heavy atom. The lowest BCUT2D eigenvalue weighted by atomic mass is 10.2. The minimum Gasteiger partial charge on any atom is -0.408 e. The van der Waals surface area contributed by atoms with Crippen molar-refractivity contribution in [2.75, 3.05) is 39.3 Å². The lowest BCUT2D eigenvalue weighted by Gasteiger charge is -2.34. The Morgan fingerprint density at radius 3 is 2.62 bits per heavy atom. The van der Waals surface area contributed by atoms with E-state index in [2.05, 4.69) is 5.32 Å². The Balaban J connectivity index is 1.51. The predicted molar refractivity (Wildman–Crippen MR) is 96.8 cm³/mol. The number of fused-ring (bicyclic) bond motifs is 1. The molecule has 2 heterocycles. The number of amides is 2. The van der Waals surface area contributed by atoms with Crippen molar-refractivity contribution in [3.8, 4) is 0 Å². The third kappa shape index (κ3) is 4.13. The van der Waals surface area contributed by atoms with Crippen LogP contribution < -0.4 is 11.1 Å². The zero-order chi connectivity index (χ0) is 18.5. The van der Waals surface area contributed by atoms with Gasteiger partial charge in [-0.15, -0.1) is 0 Å². The second-order valence-electron chi connectivity index (χ2n) is 6.35. The topological polar surface area (TPSA) is 87.8 Å². The second-order valence-corrected chi connectivity index (χ2v) is 6.35. The maximum Gasteiger partial charge on any atom is 0.419 e. The van der Waals surface area contributed by atoms with E-state index in [0.717, 1.165) is 0 Å². The van der Waals surface area contributed by atoms with Gasteiger partial charge in [0.15, 0.2) is 5.58 Å². The Bertz CT molecular complexity index is 833. The van der Waals surface area contributed by atoms with E-state index in [-0.39, 0.29) is 18.2 Å². The Kier molecular flexibility index (Phi) is 5.72. The Hall–Kier alpha value is -2.61. The third-order valence-electron chi connectivity index (χ3n) is 4.59. The number of aryl methyl sites for hydroxylation is 1. The lowest BCUT2D eigenvalue weighted by molar-refractivity contribution is -0.133. The molecule has 1 fully saturated rings. The highest BCUT2D eigenvalue weighted by atomic mass is 16.4. The predicted octanol–water partition coefficient (Wildman–Crippen LogP) is 0.265. The molecule has 1 aromatic carbocycles. The molecule has 0 aliphatic carbocycles. The molecule has 8 nitrogen and oxygen atoms in total. The van der Waals surface area contributed by atoms with Crippen molar-refractivity contribution in [3.63, 3.8) is 0 Å². The highest BCUT2D eigenvalue weighted by molar-refractivity contribution is 5.78. The molecule has 0 radical (unpaired) electrons. The number of carbonyl (C=O) groups excluding carboxylic acids is 2. The fraction of sp³-hybridized carbons (Fsp3) is 0.500. The summed E-state index contributed by atoms with van der Waals surface area (Å²) in [6, 6.07) is 7.19. The highest BCUT2D eigenvalue weighted by Crippen LogP contribution is 2.12. The van der Waals surface area contributed by atoms with Crippen molar-refractivity contribution in [1.82, 2.24) is 19.7 Å². The molecule has 8 heteroatoms. The van der Waals surface area contributed by atoms with Crippen molar-refractivity contribution < 1.29 is 14.0 Å². The fourth-order valence-electron chi connectivity index (χ4n) is 3.20. The molecule has 0 saturated carbocycles.